The van der Waals surface area contributed by atoms with Gasteiger partial charge in [0.05, 0.1) is 4.90 Å². The van der Waals surface area contributed by atoms with Gasteiger partial charge in [-0.1, -0.05) is 18.2 Å². The van der Waals surface area contributed by atoms with Crippen molar-refractivity contribution >= 4 is 39.1 Å². The average molecular weight is 454 g/mol. The van der Waals surface area contributed by atoms with E-state index in [0.29, 0.717) is 16.9 Å². The lowest BCUT2D eigenvalue weighted by Crippen LogP contribution is -2.14. The number of hydrogen-bond donors (Lipinski definition) is 2. The molecular formula is C19H17F3N4O2S2. The fourth-order valence-electron chi connectivity index (χ4n) is 2.65. The zero-order valence-electron chi connectivity index (χ0n) is 15.9. The van der Waals surface area contributed by atoms with Crippen molar-refractivity contribution in [2.24, 2.45) is 0 Å². The third kappa shape index (κ3) is 5.03. The molecule has 0 unspecified atom stereocenters. The van der Waals surface area contributed by atoms with E-state index >= 15 is 0 Å². The molecule has 30 heavy (non-hydrogen) atoms. The number of thioether (sulfide) groups is 1. The fourth-order valence-corrected chi connectivity index (χ4v) is 4.50. The lowest BCUT2D eigenvalue weighted by atomic mass is 10.2. The quantitative estimate of drug-likeness (QED) is 0.400. The maximum Gasteiger partial charge on any atom is 0.420 e. The number of halogens is 3. The first-order valence-electron chi connectivity index (χ1n) is 8.54. The predicted molar refractivity (Wildman–Crippen MR) is 111 cm³/mol. The molecule has 0 spiro atoms. The van der Waals surface area contributed by atoms with Crippen molar-refractivity contribution in [1.29, 1.82) is 0 Å². The van der Waals surface area contributed by atoms with E-state index < -0.39 is 21.8 Å². The number of sulfonamides is 1. The van der Waals surface area contributed by atoms with Crippen LogP contribution in [0.15, 0.2) is 64.6 Å². The number of hydrogen-bond acceptors (Lipinski definition) is 6. The monoisotopic (exact) mass is 454 g/mol. The Bertz CT molecular complexity index is 1150. The number of para-hydroxylation sites is 1. The lowest BCUT2D eigenvalue weighted by molar-refractivity contribution is -0.140. The second kappa shape index (κ2) is 8.52. The van der Waals surface area contributed by atoms with Crippen LogP contribution in [0.5, 0.6) is 0 Å². The lowest BCUT2D eigenvalue weighted by Gasteiger charge is -2.14. The zero-order chi connectivity index (χ0) is 21.9. The van der Waals surface area contributed by atoms with Gasteiger partial charge in [0.2, 0.25) is 5.95 Å². The number of aromatic nitrogens is 2. The standard InChI is InChI=1S/C19H17F3N4O2S2/c1-12-10-14(24-18-23-11-15(19(20,21)22)17(25-18)29-2)8-9-16(12)30(27,28)26-13-6-4-3-5-7-13/h3-11,26H,1-2H3,(H,23,24,25). The Morgan fingerprint density at radius 1 is 1.03 bits per heavy atom. The van der Waals surface area contributed by atoms with Gasteiger partial charge in [0.15, 0.2) is 0 Å². The van der Waals surface area contributed by atoms with E-state index in [2.05, 4.69) is 20.0 Å². The van der Waals surface area contributed by atoms with E-state index in [0.717, 1.165) is 18.0 Å². The van der Waals surface area contributed by atoms with Gasteiger partial charge in [0.1, 0.15) is 10.6 Å². The molecule has 0 amide bonds. The largest absolute Gasteiger partial charge is 0.420 e. The van der Waals surface area contributed by atoms with Gasteiger partial charge >= 0.3 is 6.18 Å². The molecule has 158 valence electrons. The van der Waals surface area contributed by atoms with Crippen LogP contribution in [0.25, 0.3) is 0 Å². The first-order chi connectivity index (χ1) is 14.1. The van der Waals surface area contributed by atoms with Crippen LogP contribution in [0, 0.1) is 6.92 Å². The van der Waals surface area contributed by atoms with Gasteiger partial charge in [-0.3, -0.25) is 4.72 Å². The predicted octanol–water partition coefficient (Wildman–Crippen LogP) is 5.07. The number of benzene rings is 2. The highest BCUT2D eigenvalue weighted by atomic mass is 32.2. The van der Waals surface area contributed by atoms with Gasteiger partial charge in [-0.05, 0) is 49.1 Å². The highest BCUT2D eigenvalue weighted by molar-refractivity contribution is 7.98. The Morgan fingerprint density at radius 3 is 2.33 bits per heavy atom. The summed E-state index contributed by atoms with van der Waals surface area (Å²) in [6.07, 6.45) is -2.34. The van der Waals surface area contributed by atoms with Crippen LogP contribution in [0.3, 0.4) is 0 Å². The van der Waals surface area contributed by atoms with Crippen LogP contribution in [-0.4, -0.2) is 24.6 Å². The van der Waals surface area contributed by atoms with E-state index in [1.807, 2.05) is 0 Å². The molecule has 0 bridgehead atoms. The van der Waals surface area contributed by atoms with Gasteiger partial charge in [-0.25, -0.2) is 18.4 Å². The van der Waals surface area contributed by atoms with E-state index in [-0.39, 0.29) is 15.9 Å². The summed E-state index contributed by atoms with van der Waals surface area (Å²) >= 11 is 0.858. The Labute approximate surface area is 176 Å². The minimum absolute atomic E-state index is 0.0234. The summed E-state index contributed by atoms with van der Waals surface area (Å²) < 4.78 is 66.7. The number of nitrogens with zero attached hydrogens (tertiary/aromatic N) is 2. The van der Waals surface area contributed by atoms with Crippen LogP contribution in [0.4, 0.5) is 30.5 Å². The van der Waals surface area contributed by atoms with E-state index in [4.69, 9.17) is 0 Å². The molecule has 3 aromatic rings. The molecule has 0 fully saturated rings. The van der Waals surface area contributed by atoms with E-state index in [1.165, 1.54) is 18.4 Å². The minimum Gasteiger partial charge on any atom is -0.324 e. The maximum absolute atomic E-state index is 13.0. The Morgan fingerprint density at radius 2 is 1.73 bits per heavy atom. The van der Waals surface area contributed by atoms with Crippen molar-refractivity contribution in [2.75, 3.05) is 16.3 Å². The molecule has 0 aliphatic carbocycles. The minimum atomic E-state index is -4.55. The number of nitrogens with one attached hydrogen (secondary N) is 2. The van der Waals surface area contributed by atoms with Crippen molar-refractivity contribution in [3.8, 4) is 0 Å². The molecule has 0 atom stereocenters. The molecule has 6 nitrogen and oxygen atoms in total. The summed E-state index contributed by atoms with van der Waals surface area (Å²) in [4.78, 5) is 7.70. The fraction of sp³-hybridized carbons (Fsp3) is 0.158. The molecule has 1 aromatic heterocycles. The first-order valence-corrected chi connectivity index (χ1v) is 11.2. The highest BCUT2D eigenvalue weighted by Gasteiger charge is 2.35. The molecule has 0 aliphatic rings. The number of anilines is 3. The summed E-state index contributed by atoms with van der Waals surface area (Å²) in [5.41, 5.74) is 0.408. The Hall–Kier alpha value is -2.79. The second-order valence-corrected chi connectivity index (χ2v) is 8.64. The Balaban J connectivity index is 1.84. The number of rotatable bonds is 6. The summed E-state index contributed by atoms with van der Waals surface area (Å²) in [6.45, 7) is 1.62. The molecular weight excluding hydrogens is 437 g/mol. The average Bonchev–Trinajstić information content (AvgIpc) is 2.67. The molecule has 3 rings (SSSR count). The van der Waals surface area contributed by atoms with Crippen molar-refractivity contribution < 1.29 is 21.6 Å². The third-order valence-electron chi connectivity index (χ3n) is 4.00. The van der Waals surface area contributed by atoms with E-state index in [9.17, 15) is 21.6 Å². The SMILES string of the molecule is CSc1nc(Nc2ccc(S(=O)(=O)Nc3ccccc3)c(C)c2)ncc1C(F)(F)F. The molecule has 0 saturated heterocycles. The topological polar surface area (TPSA) is 84.0 Å². The third-order valence-corrected chi connectivity index (χ3v) is 6.24. The number of alkyl halides is 3. The summed E-state index contributed by atoms with van der Waals surface area (Å²) in [5.74, 6) is -0.0234. The summed E-state index contributed by atoms with van der Waals surface area (Å²) in [5, 5.41) is 2.60. The van der Waals surface area contributed by atoms with Crippen molar-refractivity contribution in [3.05, 3.63) is 65.9 Å². The second-order valence-electron chi connectivity index (χ2n) is 6.19. The zero-order valence-corrected chi connectivity index (χ0v) is 17.5. The maximum atomic E-state index is 13.0. The molecule has 11 heteroatoms. The molecule has 1 heterocycles. The van der Waals surface area contributed by atoms with Gasteiger partial charge in [-0.15, -0.1) is 11.8 Å². The highest BCUT2D eigenvalue weighted by Crippen LogP contribution is 2.35. The van der Waals surface area contributed by atoms with Crippen molar-refractivity contribution in [1.82, 2.24) is 9.97 Å². The first kappa shape index (κ1) is 21.9. The van der Waals surface area contributed by atoms with Crippen LogP contribution in [0.1, 0.15) is 11.1 Å². The summed E-state index contributed by atoms with van der Waals surface area (Å²) in [7, 11) is -3.80. The van der Waals surface area contributed by atoms with Crippen LogP contribution in [0.2, 0.25) is 0 Å². The molecule has 2 N–H and O–H groups in total. The van der Waals surface area contributed by atoms with Gasteiger partial charge in [0.25, 0.3) is 10.0 Å². The van der Waals surface area contributed by atoms with Gasteiger partial charge in [0, 0.05) is 17.6 Å². The molecule has 0 radical (unpaired) electrons. The molecule has 0 aliphatic heterocycles. The van der Waals surface area contributed by atoms with Gasteiger partial charge < -0.3 is 5.32 Å². The van der Waals surface area contributed by atoms with Crippen molar-refractivity contribution in [2.45, 2.75) is 23.0 Å². The van der Waals surface area contributed by atoms with Crippen molar-refractivity contribution in [3.63, 3.8) is 0 Å². The van der Waals surface area contributed by atoms with Gasteiger partial charge in [-0.2, -0.15) is 13.2 Å². The normalized spacial score (nSPS) is 11.9. The van der Waals surface area contributed by atoms with Crippen LogP contribution in [-0.2, 0) is 16.2 Å². The number of aryl methyl sites for hydroxylation is 1. The van der Waals surface area contributed by atoms with Crippen LogP contribution < -0.4 is 10.0 Å². The molecule has 2 aromatic carbocycles. The molecule has 0 saturated carbocycles. The van der Waals surface area contributed by atoms with Crippen LogP contribution >= 0.6 is 11.8 Å². The Kier molecular flexibility index (Phi) is 6.22. The van der Waals surface area contributed by atoms with E-state index in [1.54, 1.807) is 43.3 Å². The summed E-state index contributed by atoms with van der Waals surface area (Å²) in [6, 6.07) is 12.9. The smallest absolute Gasteiger partial charge is 0.324 e.